The van der Waals surface area contributed by atoms with Gasteiger partial charge in [-0.2, -0.15) is 0 Å². The third-order valence-electron chi connectivity index (χ3n) is 3.49. The second-order valence-electron chi connectivity index (χ2n) is 5.32. The zero-order valence-corrected chi connectivity index (χ0v) is 13.2. The van der Waals surface area contributed by atoms with Gasteiger partial charge in [0.25, 0.3) is 0 Å². The maximum atomic E-state index is 9.57. The van der Waals surface area contributed by atoms with Gasteiger partial charge in [0.1, 0.15) is 0 Å². The Bertz CT molecular complexity index is 209. The molecule has 0 bridgehead atoms. The van der Waals surface area contributed by atoms with Crippen molar-refractivity contribution in [3.8, 4) is 0 Å². The predicted molar refractivity (Wildman–Crippen MR) is 78.6 cm³/mol. The number of likely N-dealkylation sites (N-methyl/N-ethyl adjacent to an activating group) is 1. The standard InChI is InChI=1S/C14H32N2O3/c1-6-15-14(3,12-17)11-13(2)16(7-9-18-4)8-10-19-5/h13,15,17H,6-12H2,1-5H3. The SMILES string of the molecule is CCNC(C)(CO)CC(C)N(CCOC)CCOC. The van der Waals surface area contributed by atoms with E-state index in [-0.39, 0.29) is 12.1 Å². The molecule has 0 saturated carbocycles. The summed E-state index contributed by atoms with van der Waals surface area (Å²) in [5, 5.41) is 12.9. The summed E-state index contributed by atoms with van der Waals surface area (Å²) in [4.78, 5) is 2.35. The van der Waals surface area contributed by atoms with Crippen LogP contribution in [0.1, 0.15) is 27.2 Å². The topological polar surface area (TPSA) is 54.0 Å². The van der Waals surface area contributed by atoms with Crippen LogP contribution in [0.5, 0.6) is 0 Å². The van der Waals surface area contributed by atoms with Crippen molar-refractivity contribution in [2.75, 3.05) is 53.7 Å². The number of aliphatic hydroxyl groups excluding tert-OH is 1. The summed E-state index contributed by atoms with van der Waals surface area (Å²) in [6.45, 7) is 10.5. The Balaban J connectivity index is 4.45. The molecule has 0 amide bonds. The van der Waals surface area contributed by atoms with Crippen LogP contribution < -0.4 is 5.32 Å². The Morgan fingerprint density at radius 3 is 2.11 bits per heavy atom. The highest BCUT2D eigenvalue weighted by atomic mass is 16.5. The molecule has 0 aromatic rings. The Morgan fingerprint density at radius 2 is 1.74 bits per heavy atom. The normalized spacial score (nSPS) is 16.6. The second kappa shape index (κ2) is 10.6. The van der Waals surface area contributed by atoms with Crippen LogP contribution in [-0.2, 0) is 9.47 Å². The van der Waals surface area contributed by atoms with E-state index in [9.17, 15) is 5.11 Å². The van der Waals surface area contributed by atoms with Crippen LogP contribution in [0.4, 0.5) is 0 Å². The van der Waals surface area contributed by atoms with Gasteiger partial charge in [-0.15, -0.1) is 0 Å². The number of nitrogens with one attached hydrogen (secondary N) is 1. The van der Waals surface area contributed by atoms with Crippen LogP contribution in [0, 0.1) is 0 Å². The van der Waals surface area contributed by atoms with E-state index in [0.29, 0.717) is 19.3 Å². The van der Waals surface area contributed by atoms with E-state index in [2.05, 4.69) is 31.0 Å². The number of rotatable bonds is 12. The quantitative estimate of drug-likeness (QED) is 0.550. The van der Waals surface area contributed by atoms with Gasteiger partial charge >= 0.3 is 0 Å². The summed E-state index contributed by atoms with van der Waals surface area (Å²) in [6.07, 6.45) is 0.894. The molecule has 0 saturated heterocycles. The molecule has 0 aliphatic heterocycles. The minimum Gasteiger partial charge on any atom is -0.394 e. The van der Waals surface area contributed by atoms with Gasteiger partial charge in [-0.05, 0) is 26.8 Å². The molecular formula is C14H32N2O3. The van der Waals surface area contributed by atoms with E-state index in [1.807, 2.05) is 0 Å². The first-order valence-corrected chi connectivity index (χ1v) is 7.10. The zero-order valence-electron chi connectivity index (χ0n) is 13.2. The highest BCUT2D eigenvalue weighted by Gasteiger charge is 2.27. The van der Waals surface area contributed by atoms with E-state index in [1.54, 1.807) is 14.2 Å². The van der Waals surface area contributed by atoms with Gasteiger partial charge in [0, 0.05) is 38.9 Å². The Kier molecular flexibility index (Phi) is 10.5. The van der Waals surface area contributed by atoms with Crippen molar-refractivity contribution < 1.29 is 14.6 Å². The van der Waals surface area contributed by atoms with Crippen molar-refractivity contribution in [2.45, 2.75) is 38.8 Å². The molecule has 5 heteroatoms. The third kappa shape index (κ3) is 7.84. The van der Waals surface area contributed by atoms with Crippen molar-refractivity contribution in [1.82, 2.24) is 10.2 Å². The minimum absolute atomic E-state index is 0.146. The lowest BCUT2D eigenvalue weighted by molar-refractivity contribution is 0.0688. The lowest BCUT2D eigenvalue weighted by atomic mass is 9.93. The highest BCUT2D eigenvalue weighted by molar-refractivity contribution is 4.86. The Hall–Kier alpha value is -0.200. The van der Waals surface area contributed by atoms with Crippen molar-refractivity contribution in [3.63, 3.8) is 0 Å². The molecular weight excluding hydrogens is 244 g/mol. The predicted octanol–water partition coefficient (Wildman–Crippen LogP) is 0.720. The molecule has 5 nitrogen and oxygen atoms in total. The number of hydrogen-bond acceptors (Lipinski definition) is 5. The first-order valence-electron chi connectivity index (χ1n) is 7.10. The van der Waals surface area contributed by atoms with Gasteiger partial charge in [-0.1, -0.05) is 6.92 Å². The van der Waals surface area contributed by atoms with E-state index in [1.165, 1.54) is 0 Å². The average molecular weight is 276 g/mol. The van der Waals surface area contributed by atoms with Crippen LogP contribution in [-0.4, -0.2) is 75.3 Å². The summed E-state index contributed by atoms with van der Waals surface area (Å²) in [5.41, 5.74) is -0.230. The van der Waals surface area contributed by atoms with E-state index >= 15 is 0 Å². The van der Waals surface area contributed by atoms with Crippen molar-refractivity contribution >= 4 is 0 Å². The maximum Gasteiger partial charge on any atom is 0.0611 e. The summed E-state index contributed by atoms with van der Waals surface area (Å²) >= 11 is 0. The van der Waals surface area contributed by atoms with Gasteiger partial charge in [-0.3, -0.25) is 4.90 Å². The first-order chi connectivity index (χ1) is 9.02. The number of aliphatic hydroxyl groups is 1. The molecule has 0 aromatic heterocycles. The fourth-order valence-electron chi connectivity index (χ4n) is 2.37. The van der Waals surface area contributed by atoms with Crippen LogP contribution in [0.3, 0.4) is 0 Å². The number of hydrogen-bond donors (Lipinski definition) is 2. The van der Waals surface area contributed by atoms with E-state index in [0.717, 1.165) is 26.1 Å². The number of nitrogens with zero attached hydrogens (tertiary/aromatic N) is 1. The molecule has 0 heterocycles. The van der Waals surface area contributed by atoms with Gasteiger partial charge in [0.2, 0.25) is 0 Å². The number of methoxy groups -OCH3 is 2. The molecule has 2 N–H and O–H groups in total. The minimum atomic E-state index is -0.230. The van der Waals surface area contributed by atoms with E-state index in [4.69, 9.17) is 9.47 Å². The second-order valence-corrected chi connectivity index (χ2v) is 5.32. The third-order valence-corrected chi connectivity index (χ3v) is 3.49. The van der Waals surface area contributed by atoms with Crippen LogP contribution in [0.15, 0.2) is 0 Å². The maximum absolute atomic E-state index is 9.57. The van der Waals surface area contributed by atoms with Crippen LogP contribution in [0.2, 0.25) is 0 Å². The van der Waals surface area contributed by atoms with Gasteiger partial charge in [0.05, 0.1) is 19.8 Å². The van der Waals surface area contributed by atoms with Crippen molar-refractivity contribution in [3.05, 3.63) is 0 Å². The summed E-state index contributed by atoms with van der Waals surface area (Å²) in [6, 6.07) is 0.363. The molecule has 2 atom stereocenters. The van der Waals surface area contributed by atoms with Gasteiger partial charge in [0.15, 0.2) is 0 Å². The molecule has 116 valence electrons. The van der Waals surface area contributed by atoms with Crippen LogP contribution in [0.25, 0.3) is 0 Å². The molecule has 0 radical (unpaired) electrons. The monoisotopic (exact) mass is 276 g/mol. The Labute approximate surface area is 118 Å². The average Bonchev–Trinajstić information content (AvgIpc) is 2.39. The zero-order chi connectivity index (χ0) is 14.7. The molecule has 0 aliphatic rings. The van der Waals surface area contributed by atoms with Crippen LogP contribution >= 0.6 is 0 Å². The Morgan fingerprint density at radius 1 is 1.21 bits per heavy atom. The molecule has 0 rings (SSSR count). The first kappa shape index (κ1) is 18.8. The molecule has 0 fully saturated rings. The number of ether oxygens (including phenoxy) is 2. The van der Waals surface area contributed by atoms with Crippen molar-refractivity contribution in [1.29, 1.82) is 0 Å². The molecule has 2 unspecified atom stereocenters. The smallest absolute Gasteiger partial charge is 0.0611 e. The fourth-order valence-corrected chi connectivity index (χ4v) is 2.37. The van der Waals surface area contributed by atoms with E-state index < -0.39 is 0 Å². The lowest BCUT2D eigenvalue weighted by Crippen LogP contribution is -2.51. The van der Waals surface area contributed by atoms with Gasteiger partial charge in [-0.25, -0.2) is 0 Å². The fraction of sp³-hybridized carbons (Fsp3) is 1.00. The summed E-state index contributed by atoms with van der Waals surface area (Å²) in [5.74, 6) is 0. The lowest BCUT2D eigenvalue weighted by Gasteiger charge is -2.36. The molecule has 0 aromatic carbocycles. The highest BCUT2D eigenvalue weighted by Crippen LogP contribution is 2.16. The largest absolute Gasteiger partial charge is 0.394 e. The van der Waals surface area contributed by atoms with Crippen molar-refractivity contribution in [2.24, 2.45) is 0 Å². The van der Waals surface area contributed by atoms with Gasteiger partial charge < -0.3 is 19.9 Å². The molecule has 19 heavy (non-hydrogen) atoms. The summed E-state index contributed by atoms with van der Waals surface area (Å²) < 4.78 is 10.3. The molecule has 0 aliphatic carbocycles. The molecule has 0 spiro atoms. The summed E-state index contributed by atoms with van der Waals surface area (Å²) in [7, 11) is 3.44.